The quantitative estimate of drug-likeness (QED) is 0.750. The van der Waals surface area contributed by atoms with Gasteiger partial charge in [-0.25, -0.2) is 4.98 Å². The van der Waals surface area contributed by atoms with Gasteiger partial charge in [-0.2, -0.15) is 0 Å². The molecule has 0 amide bonds. The highest BCUT2D eigenvalue weighted by Crippen LogP contribution is 2.27. The molecule has 0 aliphatic heterocycles. The van der Waals surface area contributed by atoms with Crippen molar-refractivity contribution in [2.75, 3.05) is 6.54 Å². The van der Waals surface area contributed by atoms with Crippen LogP contribution in [0.3, 0.4) is 0 Å². The summed E-state index contributed by atoms with van der Waals surface area (Å²) < 4.78 is 0. The minimum Gasteiger partial charge on any atom is -0.312 e. The molecule has 0 spiro atoms. The van der Waals surface area contributed by atoms with Crippen molar-refractivity contribution >= 4 is 11.3 Å². The molecule has 18 heavy (non-hydrogen) atoms. The minimum atomic E-state index is 0.329. The first kappa shape index (κ1) is 15.6. The second kappa shape index (κ2) is 7.25. The van der Waals surface area contributed by atoms with E-state index in [9.17, 15) is 0 Å². The summed E-state index contributed by atoms with van der Waals surface area (Å²) in [5, 5.41) is 4.80. The Balaban J connectivity index is 2.73. The maximum absolute atomic E-state index is 4.84. The smallest absolute Gasteiger partial charge is 0.0936 e. The monoisotopic (exact) mass is 268 g/mol. The molecular weight excluding hydrogens is 240 g/mol. The molecule has 0 atom stereocenters. The number of hydrogen-bond donors (Lipinski definition) is 1. The van der Waals surface area contributed by atoms with E-state index < -0.39 is 0 Å². The van der Waals surface area contributed by atoms with E-state index in [4.69, 9.17) is 4.98 Å². The fourth-order valence-electron chi connectivity index (χ4n) is 1.92. The molecular formula is C15H28N2S. The molecule has 0 saturated heterocycles. The zero-order valence-electron chi connectivity index (χ0n) is 12.6. The standard InChI is InChI=1S/C15H28N2S/c1-6-8-12-13(11-16-9-7-2)18-14(17-12)10-15(3,4)5/h16H,6-11H2,1-5H3. The predicted octanol–water partition coefficient (Wildman–Crippen LogP) is 4.18. The van der Waals surface area contributed by atoms with E-state index in [1.165, 1.54) is 28.4 Å². The van der Waals surface area contributed by atoms with Gasteiger partial charge in [-0.05, 0) is 24.8 Å². The van der Waals surface area contributed by atoms with Gasteiger partial charge in [0, 0.05) is 17.8 Å². The van der Waals surface area contributed by atoms with E-state index in [0.717, 1.165) is 25.9 Å². The second-order valence-electron chi connectivity index (χ2n) is 6.14. The maximum atomic E-state index is 4.84. The van der Waals surface area contributed by atoms with E-state index in [1.807, 2.05) is 11.3 Å². The number of hydrogen-bond acceptors (Lipinski definition) is 3. The average molecular weight is 268 g/mol. The summed E-state index contributed by atoms with van der Waals surface area (Å²) in [5.74, 6) is 0. The first-order valence-corrected chi connectivity index (χ1v) is 7.96. The van der Waals surface area contributed by atoms with Gasteiger partial charge in [0.2, 0.25) is 0 Å². The predicted molar refractivity (Wildman–Crippen MR) is 81.3 cm³/mol. The molecule has 1 aromatic rings. The zero-order valence-corrected chi connectivity index (χ0v) is 13.4. The van der Waals surface area contributed by atoms with Gasteiger partial charge in [0.05, 0.1) is 10.7 Å². The van der Waals surface area contributed by atoms with Crippen molar-refractivity contribution < 1.29 is 0 Å². The van der Waals surface area contributed by atoms with Gasteiger partial charge >= 0.3 is 0 Å². The van der Waals surface area contributed by atoms with Crippen molar-refractivity contribution in [3.8, 4) is 0 Å². The molecule has 0 aliphatic rings. The Morgan fingerprint density at radius 1 is 1.17 bits per heavy atom. The number of nitrogens with one attached hydrogen (secondary N) is 1. The van der Waals surface area contributed by atoms with E-state index in [0.29, 0.717) is 5.41 Å². The van der Waals surface area contributed by atoms with Gasteiger partial charge in [-0.3, -0.25) is 0 Å². The van der Waals surface area contributed by atoms with Gasteiger partial charge in [-0.1, -0.05) is 41.0 Å². The van der Waals surface area contributed by atoms with Crippen molar-refractivity contribution in [3.63, 3.8) is 0 Å². The maximum Gasteiger partial charge on any atom is 0.0936 e. The summed E-state index contributed by atoms with van der Waals surface area (Å²) in [4.78, 5) is 6.29. The summed E-state index contributed by atoms with van der Waals surface area (Å²) in [6.45, 7) is 13.4. The lowest BCUT2D eigenvalue weighted by Crippen LogP contribution is -2.13. The third-order valence-corrected chi connectivity index (χ3v) is 3.80. The molecule has 1 rings (SSSR count). The van der Waals surface area contributed by atoms with Crippen LogP contribution in [0.1, 0.15) is 63.0 Å². The summed E-state index contributed by atoms with van der Waals surface area (Å²) in [7, 11) is 0. The molecule has 0 fully saturated rings. The molecule has 1 heterocycles. The van der Waals surface area contributed by atoms with Crippen LogP contribution in [0, 0.1) is 5.41 Å². The largest absolute Gasteiger partial charge is 0.312 e. The summed E-state index contributed by atoms with van der Waals surface area (Å²) in [6, 6.07) is 0. The van der Waals surface area contributed by atoms with Crippen LogP contribution in [0.5, 0.6) is 0 Å². The van der Waals surface area contributed by atoms with Gasteiger partial charge in [0.1, 0.15) is 0 Å². The number of aryl methyl sites for hydroxylation is 1. The van der Waals surface area contributed by atoms with Crippen molar-refractivity contribution in [2.45, 2.75) is 66.8 Å². The van der Waals surface area contributed by atoms with Crippen LogP contribution >= 0.6 is 11.3 Å². The molecule has 0 aliphatic carbocycles. The van der Waals surface area contributed by atoms with Crippen molar-refractivity contribution in [2.24, 2.45) is 5.41 Å². The number of aromatic nitrogens is 1. The van der Waals surface area contributed by atoms with Gasteiger partial charge in [0.15, 0.2) is 0 Å². The van der Waals surface area contributed by atoms with Crippen LogP contribution in [0.25, 0.3) is 0 Å². The van der Waals surface area contributed by atoms with E-state index in [-0.39, 0.29) is 0 Å². The Bertz CT molecular complexity index is 350. The Kier molecular flexibility index (Phi) is 6.30. The molecule has 0 saturated carbocycles. The number of thiazole rings is 1. The van der Waals surface area contributed by atoms with Crippen LogP contribution in [0.15, 0.2) is 0 Å². The fourth-order valence-corrected chi connectivity index (χ4v) is 3.30. The number of nitrogens with zero attached hydrogens (tertiary/aromatic N) is 1. The lowest BCUT2D eigenvalue weighted by Gasteiger charge is -2.15. The minimum absolute atomic E-state index is 0.329. The molecule has 3 heteroatoms. The van der Waals surface area contributed by atoms with Crippen LogP contribution in [-0.4, -0.2) is 11.5 Å². The van der Waals surface area contributed by atoms with Crippen LogP contribution < -0.4 is 5.32 Å². The Morgan fingerprint density at radius 3 is 2.44 bits per heavy atom. The van der Waals surface area contributed by atoms with Crippen molar-refractivity contribution in [1.29, 1.82) is 0 Å². The lowest BCUT2D eigenvalue weighted by molar-refractivity contribution is 0.410. The Morgan fingerprint density at radius 2 is 1.89 bits per heavy atom. The first-order chi connectivity index (χ1) is 8.46. The highest BCUT2D eigenvalue weighted by atomic mass is 32.1. The highest BCUT2D eigenvalue weighted by molar-refractivity contribution is 7.11. The normalized spacial score (nSPS) is 12.1. The third-order valence-electron chi connectivity index (χ3n) is 2.70. The first-order valence-electron chi connectivity index (χ1n) is 7.14. The van der Waals surface area contributed by atoms with Crippen LogP contribution in [0.4, 0.5) is 0 Å². The molecule has 1 N–H and O–H groups in total. The molecule has 0 aromatic carbocycles. The van der Waals surface area contributed by atoms with Gasteiger partial charge < -0.3 is 5.32 Å². The van der Waals surface area contributed by atoms with Crippen molar-refractivity contribution in [3.05, 3.63) is 15.6 Å². The van der Waals surface area contributed by atoms with E-state index >= 15 is 0 Å². The summed E-state index contributed by atoms with van der Waals surface area (Å²) >= 11 is 1.90. The summed E-state index contributed by atoms with van der Waals surface area (Å²) in [6.07, 6.45) is 4.57. The molecule has 2 nitrogen and oxygen atoms in total. The topological polar surface area (TPSA) is 24.9 Å². The molecule has 1 aromatic heterocycles. The van der Waals surface area contributed by atoms with Gasteiger partial charge in [0.25, 0.3) is 0 Å². The molecule has 0 bridgehead atoms. The number of rotatable bonds is 7. The molecule has 0 unspecified atom stereocenters. The summed E-state index contributed by atoms with van der Waals surface area (Å²) in [5.41, 5.74) is 1.65. The average Bonchev–Trinajstić information content (AvgIpc) is 2.59. The SMILES string of the molecule is CCCNCc1sc(CC(C)(C)C)nc1CCC. The van der Waals surface area contributed by atoms with Crippen LogP contribution in [-0.2, 0) is 19.4 Å². The molecule has 0 radical (unpaired) electrons. The van der Waals surface area contributed by atoms with E-state index in [1.54, 1.807) is 0 Å². The second-order valence-corrected chi connectivity index (χ2v) is 7.31. The highest BCUT2D eigenvalue weighted by Gasteiger charge is 2.16. The Hall–Kier alpha value is -0.410. The Labute approximate surface area is 116 Å². The molecule has 104 valence electrons. The third kappa shape index (κ3) is 5.49. The van der Waals surface area contributed by atoms with Gasteiger partial charge in [-0.15, -0.1) is 11.3 Å². The van der Waals surface area contributed by atoms with E-state index in [2.05, 4.69) is 39.9 Å². The fraction of sp³-hybridized carbons (Fsp3) is 0.800. The zero-order chi connectivity index (χ0) is 13.6. The van der Waals surface area contributed by atoms with Crippen molar-refractivity contribution in [1.82, 2.24) is 10.3 Å². The van der Waals surface area contributed by atoms with Crippen LogP contribution in [0.2, 0.25) is 0 Å². The lowest BCUT2D eigenvalue weighted by atomic mass is 9.93.